The second-order valence-electron chi connectivity index (χ2n) is 7.41. The molecule has 1 unspecified atom stereocenters. The maximum atomic E-state index is 13.0. The molecular weight excluding hydrogens is 434 g/mol. The van der Waals surface area contributed by atoms with Gasteiger partial charge in [-0.3, -0.25) is 14.9 Å². The van der Waals surface area contributed by atoms with Crippen LogP contribution in [0.1, 0.15) is 45.3 Å². The summed E-state index contributed by atoms with van der Waals surface area (Å²) in [5.74, 6) is 0.0889. The summed E-state index contributed by atoms with van der Waals surface area (Å²) in [4.78, 5) is 31.2. The summed E-state index contributed by atoms with van der Waals surface area (Å²) >= 11 is 7.32. The van der Waals surface area contributed by atoms with E-state index in [4.69, 9.17) is 16.3 Å². The minimum atomic E-state index is -0.344. The van der Waals surface area contributed by atoms with Crippen molar-refractivity contribution in [3.05, 3.63) is 69.2 Å². The van der Waals surface area contributed by atoms with Crippen LogP contribution in [0.5, 0.6) is 5.75 Å². The van der Waals surface area contributed by atoms with Crippen molar-refractivity contribution < 1.29 is 14.3 Å². The molecule has 3 aromatic rings. The molecule has 1 aliphatic carbocycles. The van der Waals surface area contributed by atoms with Crippen LogP contribution < -0.4 is 15.4 Å². The first-order valence-corrected chi connectivity index (χ1v) is 11.2. The van der Waals surface area contributed by atoms with E-state index in [0.717, 1.165) is 46.8 Å². The second-order valence-corrected chi connectivity index (χ2v) is 8.93. The summed E-state index contributed by atoms with van der Waals surface area (Å²) in [7, 11) is 1.62. The quantitative estimate of drug-likeness (QED) is 0.538. The molecule has 1 aromatic heterocycles. The molecule has 2 aromatic carbocycles. The fourth-order valence-electron chi connectivity index (χ4n) is 3.68. The summed E-state index contributed by atoms with van der Waals surface area (Å²) in [5, 5.41) is 6.92. The predicted molar refractivity (Wildman–Crippen MR) is 124 cm³/mol. The lowest BCUT2D eigenvalue weighted by Crippen LogP contribution is -2.24. The fraction of sp³-hybridized carbons (Fsp3) is 0.261. The molecule has 8 heteroatoms. The number of nitrogens with zero attached hydrogens (tertiary/aromatic N) is 1. The summed E-state index contributed by atoms with van der Waals surface area (Å²) in [6.07, 6.45) is 2.48. The smallest absolute Gasteiger partial charge is 0.257 e. The molecule has 1 atom stereocenters. The molecule has 0 fully saturated rings. The van der Waals surface area contributed by atoms with Crippen molar-refractivity contribution in [1.29, 1.82) is 0 Å². The number of carbonyl (C=O) groups excluding carboxylic acids is 2. The van der Waals surface area contributed by atoms with Gasteiger partial charge < -0.3 is 10.1 Å². The molecule has 2 amide bonds. The molecule has 160 valence electrons. The number of benzene rings is 2. The number of amides is 2. The number of rotatable bonds is 5. The zero-order valence-electron chi connectivity index (χ0n) is 17.2. The number of hydrogen-bond acceptors (Lipinski definition) is 5. The molecule has 6 nitrogen and oxygen atoms in total. The predicted octanol–water partition coefficient (Wildman–Crippen LogP) is 5.42. The number of hydrogen-bond donors (Lipinski definition) is 2. The SMILES string of the molecule is COc1ccc(NC(=O)C2CCCc3sc(NC(=O)c4ccc(Cl)cc4)nc32)cc1C. The number of fused-ring (bicyclic) bond motifs is 1. The Balaban J connectivity index is 1.49. The average molecular weight is 456 g/mol. The minimum Gasteiger partial charge on any atom is -0.496 e. The van der Waals surface area contributed by atoms with Crippen molar-refractivity contribution in [2.24, 2.45) is 0 Å². The van der Waals surface area contributed by atoms with Gasteiger partial charge in [-0.15, -0.1) is 11.3 Å². The third kappa shape index (κ3) is 4.73. The van der Waals surface area contributed by atoms with E-state index in [-0.39, 0.29) is 17.7 Å². The highest BCUT2D eigenvalue weighted by Gasteiger charge is 2.30. The third-order valence-electron chi connectivity index (χ3n) is 5.26. The normalized spacial score (nSPS) is 15.1. The number of carbonyl (C=O) groups is 2. The zero-order valence-corrected chi connectivity index (χ0v) is 18.8. The molecule has 1 heterocycles. The van der Waals surface area contributed by atoms with Crippen molar-refractivity contribution in [1.82, 2.24) is 4.98 Å². The van der Waals surface area contributed by atoms with E-state index in [1.807, 2.05) is 25.1 Å². The van der Waals surface area contributed by atoms with Crippen LogP contribution in [0, 0.1) is 6.92 Å². The Hall–Kier alpha value is -2.90. The van der Waals surface area contributed by atoms with E-state index in [2.05, 4.69) is 15.6 Å². The highest BCUT2D eigenvalue weighted by atomic mass is 35.5. The van der Waals surface area contributed by atoms with Gasteiger partial charge in [0.25, 0.3) is 5.91 Å². The third-order valence-corrected chi connectivity index (χ3v) is 6.56. The second kappa shape index (κ2) is 9.08. The number of anilines is 2. The van der Waals surface area contributed by atoms with Gasteiger partial charge in [0.15, 0.2) is 5.13 Å². The lowest BCUT2D eigenvalue weighted by atomic mass is 9.90. The minimum absolute atomic E-state index is 0.0913. The lowest BCUT2D eigenvalue weighted by molar-refractivity contribution is -0.117. The molecular formula is C23H22ClN3O3S. The van der Waals surface area contributed by atoms with Crippen LogP contribution in [0.3, 0.4) is 0 Å². The monoisotopic (exact) mass is 455 g/mol. The average Bonchev–Trinajstić information content (AvgIpc) is 3.16. The molecule has 4 rings (SSSR count). The first-order chi connectivity index (χ1) is 14.9. The first kappa shape index (κ1) is 21.3. The molecule has 0 radical (unpaired) electrons. The Morgan fingerprint density at radius 3 is 2.65 bits per heavy atom. The zero-order chi connectivity index (χ0) is 22.0. The van der Waals surface area contributed by atoms with Gasteiger partial charge in [-0.1, -0.05) is 11.6 Å². The lowest BCUT2D eigenvalue weighted by Gasteiger charge is -2.20. The van der Waals surface area contributed by atoms with Crippen molar-refractivity contribution in [3.63, 3.8) is 0 Å². The Bertz CT molecular complexity index is 1130. The Kier molecular flexibility index (Phi) is 6.25. The largest absolute Gasteiger partial charge is 0.496 e. The van der Waals surface area contributed by atoms with Crippen LogP contribution in [0.25, 0.3) is 0 Å². The molecule has 0 bridgehead atoms. The topological polar surface area (TPSA) is 80.3 Å². The van der Waals surface area contributed by atoms with Crippen LogP contribution in [0.2, 0.25) is 5.02 Å². The molecule has 1 aliphatic rings. The van der Waals surface area contributed by atoms with Crippen LogP contribution >= 0.6 is 22.9 Å². The number of nitrogens with one attached hydrogen (secondary N) is 2. The number of ether oxygens (including phenoxy) is 1. The van der Waals surface area contributed by atoms with E-state index < -0.39 is 0 Å². The molecule has 0 saturated heterocycles. The Morgan fingerprint density at radius 2 is 1.94 bits per heavy atom. The van der Waals surface area contributed by atoms with E-state index in [1.54, 1.807) is 31.4 Å². The van der Waals surface area contributed by atoms with Gasteiger partial charge in [0.1, 0.15) is 5.75 Å². The van der Waals surface area contributed by atoms with E-state index in [0.29, 0.717) is 15.7 Å². The number of aryl methyl sites for hydroxylation is 2. The van der Waals surface area contributed by atoms with E-state index in [1.165, 1.54) is 11.3 Å². The van der Waals surface area contributed by atoms with Crippen molar-refractivity contribution >= 4 is 45.6 Å². The highest BCUT2D eigenvalue weighted by molar-refractivity contribution is 7.16. The van der Waals surface area contributed by atoms with E-state index in [9.17, 15) is 9.59 Å². The van der Waals surface area contributed by atoms with Crippen LogP contribution in [0.4, 0.5) is 10.8 Å². The van der Waals surface area contributed by atoms with Crippen molar-refractivity contribution in [2.45, 2.75) is 32.1 Å². The molecule has 0 saturated carbocycles. The van der Waals surface area contributed by atoms with Gasteiger partial charge in [0, 0.05) is 21.2 Å². The maximum Gasteiger partial charge on any atom is 0.257 e. The van der Waals surface area contributed by atoms with Crippen molar-refractivity contribution in [2.75, 3.05) is 17.7 Å². The molecule has 0 aliphatic heterocycles. The van der Waals surface area contributed by atoms with Gasteiger partial charge in [0.2, 0.25) is 5.91 Å². The number of thiazole rings is 1. The van der Waals surface area contributed by atoms with Crippen LogP contribution in [-0.2, 0) is 11.2 Å². The van der Waals surface area contributed by atoms with Crippen molar-refractivity contribution in [3.8, 4) is 5.75 Å². The number of halogens is 1. The van der Waals surface area contributed by atoms with E-state index >= 15 is 0 Å². The van der Waals surface area contributed by atoms with Crippen LogP contribution in [0.15, 0.2) is 42.5 Å². The molecule has 2 N–H and O–H groups in total. The summed E-state index contributed by atoms with van der Waals surface area (Å²) in [6, 6.07) is 12.2. The highest BCUT2D eigenvalue weighted by Crippen LogP contribution is 2.37. The maximum absolute atomic E-state index is 13.0. The number of aromatic nitrogens is 1. The van der Waals surface area contributed by atoms with Crippen LogP contribution in [-0.4, -0.2) is 23.9 Å². The Labute approximate surface area is 189 Å². The summed E-state index contributed by atoms with van der Waals surface area (Å²) < 4.78 is 5.28. The van der Waals surface area contributed by atoms with Gasteiger partial charge >= 0.3 is 0 Å². The molecule has 31 heavy (non-hydrogen) atoms. The first-order valence-electron chi connectivity index (χ1n) is 9.96. The standard InChI is InChI=1S/C23H22ClN3O3S/c1-13-12-16(10-11-18(13)30-2)25-22(29)17-4-3-5-19-20(17)26-23(31-19)27-21(28)14-6-8-15(24)9-7-14/h6-12,17H,3-5H2,1-2H3,(H,25,29)(H,26,27,28). The van der Waals surface area contributed by atoms with Gasteiger partial charge in [-0.05, 0) is 74.2 Å². The summed E-state index contributed by atoms with van der Waals surface area (Å²) in [5.41, 5.74) is 2.93. The van der Waals surface area contributed by atoms with Gasteiger partial charge in [-0.25, -0.2) is 4.98 Å². The summed E-state index contributed by atoms with van der Waals surface area (Å²) in [6.45, 7) is 1.93. The molecule has 0 spiro atoms. The Morgan fingerprint density at radius 1 is 1.16 bits per heavy atom. The van der Waals surface area contributed by atoms with Gasteiger partial charge in [-0.2, -0.15) is 0 Å². The fourth-order valence-corrected chi connectivity index (χ4v) is 4.87. The van der Waals surface area contributed by atoms with Gasteiger partial charge in [0.05, 0.1) is 18.7 Å². The number of methoxy groups -OCH3 is 1.